The molecule has 0 heterocycles. The fraction of sp³-hybridized carbons (Fsp3) is 0.357. The maximum atomic E-state index is 2.37. The lowest BCUT2D eigenvalue weighted by Crippen LogP contribution is -2.10. The lowest BCUT2D eigenvalue weighted by atomic mass is 10.0. The topological polar surface area (TPSA) is 3.24 Å². The van der Waals surface area contributed by atoms with Crippen LogP contribution < -0.4 is 4.90 Å². The zero-order chi connectivity index (χ0) is 20.5. The van der Waals surface area contributed by atoms with Crippen molar-refractivity contribution >= 4 is 17.1 Å². The number of hydrogen-bond acceptors (Lipinski definition) is 1. The first kappa shape index (κ1) is 21.2. The molecule has 152 valence electrons. The molecule has 29 heavy (non-hydrogen) atoms. The molecule has 0 atom stereocenters. The first-order valence-electron chi connectivity index (χ1n) is 11.2. The van der Waals surface area contributed by atoms with Gasteiger partial charge >= 0.3 is 0 Å². The summed E-state index contributed by atoms with van der Waals surface area (Å²) in [6, 6.07) is 26.7. The van der Waals surface area contributed by atoms with E-state index in [4.69, 9.17) is 0 Å². The normalized spacial score (nSPS) is 10.9. The molecule has 0 saturated carbocycles. The van der Waals surface area contributed by atoms with Crippen molar-refractivity contribution in [2.45, 2.75) is 65.7 Å². The monoisotopic (exact) mass is 385 g/mol. The third-order valence-corrected chi connectivity index (χ3v) is 5.57. The number of rotatable bonds is 10. The SMILES string of the molecule is CCCCCCCCc1cccc(N(c2ccc(C)cc2)c2ccc(C)cc2)c1. The van der Waals surface area contributed by atoms with Crippen molar-refractivity contribution < 1.29 is 0 Å². The standard InChI is InChI=1S/C28H35N/c1-4-5-6-7-8-9-11-25-12-10-13-28(22-25)29(26-18-14-23(2)15-19-26)27-20-16-24(3)17-21-27/h10,12-22H,4-9,11H2,1-3H3. The molecule has 0 aromatic heterocycles. The Morgan fingerprint density at radius 2 is 1.14 bits per heavy atom. The maximum Gasteiger partial charge on any atom is 0.0464 e. The van der Waals surface area contributed by atoms with E-state index >= 15 is 0 Å². The molecule has 1 heteroatoms. The van der Waals surface area contributed by atoms with Crippen molar-refractivity contribution in [3.8, 4) is 0 Å². The minimum atomic E-state index is 1.16. The molecule has 0 radical (unpaired) electrons. The lowest BCUT2D eigenvalue weighted by Gasteiger charge is -2.26. The van der Waals surface area contributed by atoms with Crippen LogP contribution in [0.25, 0.3) is 0 Å². The van der Waals surface area contributed by atoms with Crippen LogP contribution in [0, 0.1) is 13.8 Å². The molecule has 0 amide bonds. The van der Waals surface area contributed by atoms with E-state index in [1.54, 1.807) is 0 Å². The average Bonchev–Trinajstić information content (AvgIpc) is 2.74. The number of benzene rings is 3. The van der Waals surface area contributed by atoms with Gasteiger partial charge in [0.15, 0.2) is 0 Å². The highest BCUT2D eigenvalue weighted by Crippen LogP contribution is 2.35. The molecule has 0 bridgehead atoms. The van der Waals surface area contributed by atoms with Gasteiger partial charge in [-0.2, -0.15) is 0 Å². The van der Waals surface area contributed by atoms with Gasteiger partial charge in [-0.25, -0.2) is 0 Å². The second kappa shape index (κ2) is 10.9. The van der Waals surface area contributed by atoms with Crippen molar-refractivity contribution in [2.24, 2.45) is 0 Å². The third kappa shape index (κ3) is 6.22. The first-order chi connectivity index (χ1) is 14.2. The smallest absolute Gasteiger partial charge is 0.0464 e. The lowest BCUT2D eigenvalue weighted by molar-refractivity contribution is 0.607. The predicted molar refractivity (Wildman–Crippen MR) is 128 cm³/mol. The highest BCUT2D eigenvalue weighted by Gasteiger charge is 2.12. The molecular formula is C28H35N. The number of nitrogens with zero attached hydrogens (tertiary/aromatic N) is 1. The Kier molecular flexibility index (Phi) is 7.93. The molecule has 3 rings (SSSR count). The zero-order valence-electron chi connectivity index (χ0n) is 18.3. The molecule has 0 N–H and O–H groups in total. The van der Waals surface area contributed by atoms with Crippen LogP contribution in [0.15, 0.2) is 72.8 Å². The van der Waals surface area contributed by atoms with Gasteiger partial charge < -0.3 is 4.90 Å². The Hall–Kier alpha value is -2.54. The molecule has 0 aliphatic heterocycles. The summed E-state index contributed by atoms with van der Waals surface area (Å²) < 4.78 is 0. The van der Waals surface area contributed by atoms with Crippen LogP contribution in [0.3, 0.4) is 0 Å². The van der Waals surface area contributed by atoms with E-state index in [1.165, 1.54) is 72.3 Å². The van der Waals surface area contributed by atoms with Crippen LogP contribution in [0.2, 0.25) is 0 Å². The Balaban J connectivity index is 1.80. The molecule has 3 aromatic carbocycles. The molecule has 0 spiro atoms. The van der Waals surface area contributed by atoms with Gasteiger partial charge in [0.25, 0.3) is 0 Å². The Morgan fingerprint density at radius 1 is 0.586 bits per heavy atom. The quantitative estimate of drug-likeness (QED) is 0.315. The fourth-order valence-corrected chi connectivity index (χ4v) is 3.80. The van der Waals surface area contributed by atoms with Crippen LogP contribution in [-0.4, -0.2) is 0 Å². The molecule has 0 aliphatic carbocycles. The highest BCUT2D eigenvalue weighted by molar-refractivity contribution is 5.76. The number of hydrogen-bond donors (Lipinski definition) is 0. The molecule has 0 aliphatic rings. The average molecular weight is 386 g/mol. The van der Waals surface area contributed by atoms with Crippen LogP contribution in [0.1, 0.15) is 62.1 Å². The minimum absolute atomic E-state index is 1.16. The second-order valence-corrected chi connectivity index (χ2v) is 8.19. The summed E-state index contributed by atoms with van der Waals surface area (Å²) in [5, 5.41) is 0. The molecule has 0 saturated heterocycles. The van der Waals surface area contributed by atoms with Crippen LogP contribution in [0.5, 0.6) is 0 Å². The van der Waals surface area contributed by atoms with Gasteiger partial charge in [0, 0.05) is 17.1 Å². The van der Waals surface area contributed by atoms with Crippen molar-refractivity contribution in [1.82, 2.24) is 0 Å². The van der Waals surface area contributed by atoms with E-state index in [9.17, 15) is 0 Å². The van der Waals surface area contributed by atoms with Gasteiger partial charge in [-0.15, -0.1) is 0 Å². The van der Waals surface area contributed by atoms with Crippen molar-refractivity contribution in [1.29, 1.82) is 0 Å². The Labute approximate surface area is 177 Å². The number of aryl methyl sites for hydroxylation is 3. The van der Waals surface area contributed by atoms with Gasteiger partial charge in [-0.1, -0.05) is 86.6 Å². The van der Waals surface area contributed by atoms with Gasteiger partial charge in [0.05, 0.1) is 0 Å². The van der Waals surface area contributed by atoms with Crippen LogP contribution in [-0.2, 0) is 6.42 Å². The highest BCUT2D eigenvalue weighted by atomic mass is 15.1. The number of unbranched alkanes of at least 4 members (excludes halogenated alkanes) is 5. The Morgan fingerprint density at radius 3 is 1.72 bits per heavy atom. The van der Waals surface area contributed by atoms with E-state index in [1.807, 2.05) is 0 Å². The zero-order valence-corrected chi connectivity index (χ0v) is 18.3. The summed E-state index contributed by atoms with van der Waals surface area (Å²) in [6.45, 7) is 6.56. The molecular weight excluding hydrogens is 350 g/mol. The van der Waals surface area contributed by atoms with E-state index in [-0.39, 0.29) is 0 Å². The maximum absolute atomic E-state index is 2.37. The summed E-state index contributed by atoms with van der Waals surface area (Å²) in [5.74, 6) is 0. The molecule has 0 fully saturated rings. The van der Waals surface area contributed by atoms with E-state index in [0.717, 1.165) is 6.42 Å². The first-order valence-corrected chi connectivity index (χ1v) is 11.2. The fourth-order valence-electron chi connectivity index (χ4n) is 3.80. The van der Waals surface area contributed by atoms with Gasteiger partial charge in [0.1, 0.15) is 0 Å². The summed E-state index contributed by atoms with van der Waals surface area (Å²) in [5.41, 5.74) is 7.65. The minimum Gasteiger partial charge on any atom is -0.310 e. The van der Waals surface area contributed by atoms with E-state index < -0.39 is 0 Å². The molecule has 1 nitrogen and oxygen atoms in total. The van der Waals surface area contributed by atoms with Gasteiger partial charge in [0.2, 0.25) is 0 Å². The third-order valence-electron chi connectivity index (χ3n) is 5.57. The van der Waals surface area contributed by atoms with Crippen LogP contribution >= 0.6 is 0 Å². The van der Waals surface area contributed by atoms with Gasteiger partial charge in [-0.3, -0.25) is 0 Å². The summed E-state index contributed by atoms with van der Waals surface area (Å²) in [7, 11) is 0. The number of anilines is 3. The van der Waals surface area contributed by atoms with Crippen molar-refractivity contribution in [2.75, 3.05) is 4.90 Å². The second-order valence-electron chi connectivity index (χ2n) is 8.19. The van der Waals surface area contributed by atoms with E-state index in [2.05, 4.69) is 98.5 Å². The summed E-state index contributed by atoms with van der Waals surface area (Å²) in [6.07, 6.45) is 9.21. The van der Waals surface area contributed by atoms with Gasteiger partial charge in [-0.05, 0) is 68.7 Å². The predicted octanol–water partition coefficient (Wildman–Crippen LogP) is 8.68. The molecule has 0 unspecified atom stereocenters. The molecule has 3 aromatic rings. The van der Waals surface area contributed by atoms with Crippen molar-refractivity contribution in [3.63, 3.8) is 0 Å². The van der Waals surface area contributed by atoms with E-state index in [0.29, 0.717) is 0 Å². The van der Waals surface area contributed by atoms with Crippen molar-refractivity contribution in [3.05, 3.63) is 89.5 Å². The Bertz CT molecular complexity index is 816. The summed E-state index contributed by atoms with van der Waals surface area (Å²) >= 11 is 0. The summed E-state index contributed by atoms with van der Waals surface area (Å²) in [4.78, 5) is 2.36. The van der Waals surface area contributed by atoms with Crippen LogP contribution in [0.4, 0.5) is 17.1 Å². The largest absolute Gasteiger partial charge is 0.310 e.